The van der Waals surface area contributed by atoms with Crippen LogP contribution in [-0.2, 0) is 11.3 Å². The van der Waals surface area contributed by atoms with E-state index in [0.717, 1.165) is 17.0 Å². The summed E-state index contributed by atoms with van der Waals surface area (Å²) in [6.45, 7) is 2.56. The molecule has 0 unspecified atom stereocenters. The number of aryl methyl sites for hydroxylation is 1. The maximum absolute atomic E-state index is 10.7. The van der Waals surface area contributed by atoms with Crippen molar-refractivity contribution < 1.29 is 14.6 Å². The van der Waals surface area contributed by atoms with Gasteiger partial charge in [-0.3, -0.25) is 9.89 Å². The molecule has 0 atom stereocenters. The van der Waals surface area contributed by atoms with Gasteiger partial charge in [0, 0.05) is 24.3 Å². The molecule has 0 aliphatic rings. The number of carbonyl (C=O) groups excluding carboxylic acids is 1. The first-order chi connectivity index (χ1) is 14.6. The zero-order valence-electron chi connectivity index (χ0n) is 16.7. The summed E-state index contributed by atoms with van der Waals surface area (Å²) in [6.07, 6.45) is 3.73. The van der Waals surface area contributed by atoms with Gasteiger partial charge in [0.05, 0.1) is 13.7 Å². The van der Waals surface area contributed by atoms with Crippen molar-refractivity contribution >= 4 is 24.3 Å². The number of nitrogens with one attached hydrogen (secondary N) is 3. The van der Waals surface area contributed by atoms with E-state index in [-0.39, 0.29) is 6.61 Å². The fourth-order valence-electron chi connectivity index (χ4n) is 2.68. The summed E-state index contributed by atoms with van der Waals surface area (Å²) < 4.78 is 5.17. The summed E-state index contributed by atoms with van der Waals surface area (Å²) >= 11 is 0. The van der Waals surface area contributed by atoms with Crippen LogP contribution >= 0.6 is 0 Å². The highest BCUT2D eigenvalue weighted by Crippen LogP contribution is 2.24. The first-order valence-corrected chi connectivity index (χ1v) is 9.29. The zero-order valence-corrected chi connectivity index (χ0v) is 16.7. The number of aromatic amines is 1. The summed E-state index contributed by atoms with van der Waals surface area (Å²) in [5.41, 5.74) is 3.00. The molecule has 0 fully saturated rings. The molecule has 0 amide bonds. The van der Waals surface area contributed by atoms with Crippen LogP contribution < -0.4 is 15.4 Å². The third-order valence-electron chi connectivity index (χ3n) is 4.19. The Hall–Kier alpha value is -3.79. The van der Waals surface area contributed by atoms with E-state index in [0.29, 0.717) is 48.4 Å². The Morgan fingerprint density at radius 2 is 1.87 bits per heavy atom. The number of methoxy groups -OCH3 is 1. The van der Waals surface area contributed by atoms with Crippen LogP contribution in [-0.4, -0.2) is 56.8 Å². The van der Waals surface area contributed by atoms with Gasteiger partial charge in [0.15, 0.2) is 5.82 Å². The van der Waals surface area contributed by atoms with E-state index in [1.807, 2.05) is 31.2 Å². The lowest BCUT2D eigenvalue weighted by Crippen LogP contribution is -2.13. The van der Waals surface area contributed by atoms with Crippen molar-refractivity contribution in [1.82, 2.24) is 25.1 Å². The number of allylic oxidation sites excluding steroid dienone is 1. The second kappa shape index (κ2) is 10.1. The highest BCUT2D eigenvalue weighted by molar-refractivity contribution is 5.79. The van der Waals surface area contributed by atoms with Crippen LogP contribution in [0.25, 0.3) is 17.6 Å². The Bertz CT molecular complexity index is 1020. The van der Waals surface area contributed by atoms with E-state index in [1.165, 1.54) is 6.08 Å². The minimum absolute atomic E-state index is 0.0650. The van der Waals surface area contributed by atoms with Crippen LogP contribution in [0, 0.1) is 6.92 Å². The third kappa shape index (κ3) is 5.17. The zero-order chi connectivity index (χ0) is 21.3. The predicted molar refractivity (Wildman–Crippen MR) is 113 cm³/mol. The molecule has 0 saturated carbocycles. The SMILES string of the molecule is COc1ccc(CNc2nc(NCCO)nc(-c3n[nH]c(C)c3C=CC=O)n2)cc1. The monoisotopic (exact) mass is 409 g/mol. The lowest BCUT2D eigenvalue weighted by molar-refractivity contribution is -0.104. The van der Waals surface area contributed by atoms with Gasteiger partial charge < -0.3 is 20.5 Å². The van der Waals surface area contributed by atoms with E-state index in [2.05, 4.69) is 35.8 Å². The van der Waals surface area contributed by atoms with Crippen molar-refractivity contribution in [3.8, 4) is 17.3 Å². The number of nitrogens with zero attached hydrogens (tertiary/aromatic N) is 4. The van der Waals surface area contributed by atoms with Gasteiger partial charge in [0.25, 0.3) is 0 Å². The third-order valence-corrected chi connectivity index (χ3v) is 4.19. The van der Waals surface area contributed by atoms with Crippen LogP contribution in [0.1, 0.15) is 16.8 Å². The maximum atomic E-state index is 10.7. The summed E-state index contributed by atoms with van der Waals surface area (Å²) in [5.74, 6) is 1.76. The van der Waals surface area contributed by atoms with Crippen molar-refractivity contribution in [2.75, 3.05) is 30.9 Å². The minimum atomic E-state index is -0.0650. The van der Waals surface area contributed by atoms with E-state index in [4.69, 9.17) is 9.84 Å². The molecule has 4 N–H and O–H groups in total. The number of aromatic nitrogens is 5. The fraction of sp³-hybridized carbons (Fsp3) is 0.250. The molecule has 0 spiro atoms. The number of H-pyrrole nitrogens is 1. The van der Waals surface area contributed by atoms with Gasteiger partial charge in [-0.05, 0) is 36.8 Å². The molecule has 0 aliphatic heterocycles. The second-order valence-electron chi connectivity index (χ2n) is 6.26. The fourth-order valence-corrected chi connectivity index (χ4v) is 2.68. The summed E-state index contributed by atoms with van der Waals surface area (Å²) in [5, 5.41) is 22.4. The summed E-state index contributed by atoms with van der Waals surface area (Å²) in [6, 6.07) is 7.64. The van der Waals surface area contributed by atoms with Crippen LogP contribution in [0.5, 0.6) is 5.75 Å². The molecule has 0 radical (unpaired) electrons. The highest BCUT2D eigenvalue weighted by atomic mass is 16.5. The molecule has 10 heteroatoms. The molecule has 10 nitrogen and oxygen atoms in total. The molecule has 3 rings (SSSR count). The number of carbonyl (C=O) groups is 1. The Labute approximate surface area is 173 Å². The van der Waals surface area contributed by atoms with Gasteiger partial charge in [-0.2, -0.15) is 20.1 Å². The van der Waals surface area contributed by atoms with Gasteiger partial charge in [0.2, 0.25) is 11.9 Å². The lowest BCUT2D eigenvalue weighted by Gasteiger charge is -2.10. The first-order valence-electron chi connectivity index (χ1n) is 9.29. The molecule has 0 saturated heterocycles. The van der Waals surface area contributed by atoms with E-state index in [9.17, 15) is 4.79 Å². The van der Waals surface area contributed by atoms with Gasteiger partial charge in [-0.15, -0.1) is 0 Å². The summed E-state index contributed by atoms with van der Waals surface area (Å²) in [7, 11) is 1.62. The van der Waals surface area contributed by atoms with Crippen molar-refractivity contribution in [2.45, 2.75) is 13.5 Å². The van der Waals surface area contributed by atoms with Crippen LogP contribution in [0.2, 0.25) is 0 Å². The Balaban J connectivity index is 1.90. The van der Waals surface area contributed by atoms with Crippen molar-refractivity contribution in [3.63, 3.8) is 0 Å². The average molecular weight is 409 g/mol. The molecule has 2 aromatic heterocycles. The largest absolute Gasteiger partial charge is 0.497 e. The number of hydrogen-bond donors (Lipinski definition) is 4. The summed E-state index contributed by atoms with van der Waals surface area (Å²) in [4.78, 5) is 24.0. The molecule has 1 aromatic carbocycles. The Morgan fingerprint density at radius 1 is 1.13 bits per heavy atom. The van der Waals surface area contributed by atoms with Gasteiger partial charge in [-0.1, -0.05) is 12.1 Å². The molecule has 0 bridgehead atoms. The molecular weight excluding hydrogens is 386 g/mol. The lowest BCUT2D eigenvalue weighted by atomic mass is 10.1. The molecule has 2 heterocycles. The molecule has 3 aromatic rings. The van der Waals surface area contributed by atoms with Gasteiger partial charge in [-0.25, -0.2) is 0 Å². The van der Waals surface area contributed by atoms with Gasteiger partial charge >= 0.3 is 0 Å². The number of rotatable bonds is 10. The number of ether oxygens (including phenoxy) is 1. The van der Waals surface area contributed by atoms with Crippen LogP contribution in [0.15, 0.2) is 30.3 Å². The number of benzene rings is 1. The molecule has 0 aliphatic carbocycles. The van der Waals surface area contributed by atoms with E-state index < -0.39 is 0 Å². The van der Waals surface area contributed by atoms with E-state index >= 15 is 0 Å². The Kier molecular flexibility index (Phi) is 7.06. The van der Waals surface area contributed by atoms with E-state index in [1.54, 1.807) is 13.2 Å². The normalized spacial score (nSPS) is 10.9. The number of aliphatic hydroxyl groups excluding tert-OH is 1. The predicted octanol–water partition coefficient (Wildman–Crippen LogP) is 1.81. The first kappa shape index (κ1) is 20.9. The molecular formula is C20H23N7O3. The van der Waals surface area contributed by atoms with Crippen molar-refractivity contribution in [1.29, 1.82) is 0 Å². The minimum Gasteiger partial charge on any atom is -0.497 e. The standard InChI is InChI=1S/C20H23N7O3/c1-13-16(4-3-10-28)17(27-26-13)18-23-19(21-9-11-29)25-20(24-18)22-12-14-5-7-15(30-2)8-6-14/h3-8,10,29H,9,11-12H2,1-2H3,(H,26,27)(H2,21,22,23,24,25). The number of anilines is 2. The highest BCUT2D eigenvalue weighted by Gasteiger charge is 2.16. The van der Waals surface area contributed by atoms with Gasteiger partial charge in [0.1, 0.15) is 17.7 Å². The smallest absolute Gasteiger partial charge is 0.228 e. The van der Waals surface area contributed by atoms with Crippen molar-refractivity contribution in [2.24, 2.45) is 0 Å². The number of hydrogen-bond acceptors (Lipinski definition) is 9. The van der Waals surface area contributed by atoms with Crippen molar-refractivity contribution in [3.05, 3.63) is 47.2 Å². The number of aldehydes is 1. The quantitative estimate of drug-likeness (QED) is 0.292. The van der Waals surface area contributed by atoms with Crippen LogP contribution in [0.3, 0.4) is 0 Å². The molecule has 156 valence electrons. The number of aliphatic hydroxyl groups is 1. The second-order valence-corrected chi connectivity index (χ2v) is 6.26. The molecule has 30 heavy (non-hydrogen) atoms. The van der Waals surface area contributed by atoms with Crippen LogP contribution in [0.4, 0.5) is 11.9 Å². The Morgan fingerprint density at radius 3 is 2.53 bits per heavy atom. The average Bonchev–Trinajstić information content (AvgIpc) is 3.15. The maximum Gasteiger partial charge on any atom is 0.228 e. The topological polar surface area (TPSA) is 138 Å².